The second-order valence-electron chi connectivity index (χ2n) is 3.47. The molecule has 2 heteroatoms. The van der Waals surface area contributed by atoms with Crippen molar-refractivity contribution in [3.63, 3.8) is 0 Å². The van der Waals surface area contributed by atoms with Crippen LogP contribution in [0.5, 0.6) is 5.75 Å². The highest BCUT2D eigenvalue weighted by Gasteiger charge is 2.06. The lowest BCUT2D eigenvalue weighted by molar-refractivity contribution is 0.337. The average molecular weight is 193 g/mol. The van der Waals surface area contributed by atoms with E-state index in [0.717, 1.165) is 17.7 Å². The Morgan fingerprint density at radius 2 is 2.07 bits per heavy atom. The Bertz CT molecular complexity index is 296. The lowest BCUT2D eigenvalue weighted by Gasteiger charge is -2.13. The summed E-state index contributed by atoms with van der Waals surface area (Å²) in [6, 6.07) is 6.31. The molecule has 1 aromatic rings. The van der Waals surface area contributed by atoms with Crippen LogP contribution < -0.4 is 10.5 Å². The van der Waals surface area contributed by atoms with Gasteiger partial charge in [0.15, 0.2) is 0 Å². The van der Waals surface area contributed by atoms with Gasteiger partial charge in [-0.2, -0.15) is 0 Å². The lowest BCUT2D eigenvalue weighted by atomic mass is 10.0. The first-order valence-corrected chi connectivity index (χ1v) is 5.18. The summed E-state index contributed by atoms with van der Waals surface area (Å²) >= 11 is 0. The quantitative estimate of drug-likeness (QED) is 0.798. The van der Waals surface area contributed by atoms with Crippen LogP contribution in [0.4, 0.5) is 0 Å². The zero-order chi connectivity index (χ0) is 10.6. The van der Waals surface area contributed by atoms with Gasteiger partial charge in [0.05, 0.1) is 6.61 Å². The van der Waals surface area contributed by atoms with Crippen molar-refractivity contribution in [3.05, 3.63) is 29.3 Å². The van der Waals surface area contributed by atoms with Crippen LogP contribution in [0.3, 0.4) is 0 Å². The molecule has 1 unspecified atom stereocenters. The molecule has 1 rings (SSSR count). The molecule has 0 aliphatic carbocycles. The van der Waals surface area contributed by atoms with E-state index in [9.17, 15) is 0 Å². The third-order valence-corrected chi connectivity index (χ3v) is 2.38. The van der Waals surface area contributed by atoms with Crippen LogP contribution in [-0.4, -0.2) is 6.61 Å². The van der Waals surface area contributed by atoms with Gasteiger partial charge in [0.1, 0.15) is 5.75 Å². The Morgan fingerprint density at radius 3 is 2.64 bits per heavy atom. The van der Waals surface area contributed by atoms with E-state index in [2.05, 4.69) is 19.1 Å². The van der Waals surface area contributed by atoms with E-state index in [1.165, 1.54) is 5.56 Å². The molecule has 0 heterocycles. The fourth-order valence-corrected chi connectivity index (χ4v) is 1.39. The van der Waals surface area contributed by atoms with E-state index in [1.54, 1.807) is 0 Å². The number of benzene rings is 1. The molecule has 0 amide bonds. The highest BCUT2D eigenvalue weighted by Crippen LogP contribution is 2.23. The maximum absolute atomic E-state index is 5.95. The summed E-state index contributed by atoms with van der Waals surface area (Å²) in [6.45, 7) is 6.83. The van der Waals surface area contributed by atoms with Crippen LogP contribution in [0.15, 0.2) is 18.2 Å². The maximum Gasteiger partial charge on any atom is 0.122 e. The van der Waals surface area contributed by atoms with Crippen LogP contribution in [-0.2, 0) is 0 Å². The van der Waals surface area contributed by atoms with Gasteiger partial charge < -0.3 is 10.5 Å². The van der Waals surface area contributed by atoms with Crippen molar-refractivity contribution >= 4 is 0 Å². The minimum Gasteiger partial charge on any atom is -0.494 e. The Hall–Kier alpha value is -1.02. The zero-order valence-corrected chi connectivity index (χ0v) is 9.21. The molecule has 0 spiro atoms. The minimum atomic E-state index is 0.120. The van der Waals surface area contributed by atoms with E-state index in [0.29, 0.717) is 6.61 Å². The van der Waals surface area contributed by atoms with Crippen LogP contribution >= 0.6 is 0 Å². The standard InChI is InChI=1S/C12H19NO/c1-4-11(13)10-7-6-9(3)12(8-10)14-5-2/h6-8,11H,4-5,13H2,1-3H3. The molecule has 78 valence electrons. The molecule has 0 saturated carbocycles. The Labute approximate surface area is 86.1 Å². The third kappa shape index (κ3) is 2.48. The van der Waals surface area contributed by atoms with E-state index < -0.39 is 0 Å². The molecule has 0 bridgehead atoms. The topological polar surface area (TPSA) is 35.2 Å². The average Bonchev–Trinajstić information content (AvgIpc) is 2.20. The lowest BCUT2D eigenvalue weighted by Crippen LogP contribution is -2.09. The van der Waals surface area contributed by atoms with Crippen molar-refractivity contribution < 1.29 is 4.74 Å². The van der Waals surface area contributed by atoms with Gasteiger partial charge in [0.2, 0.25) is 0 Å². The molecule has 0 saturated heterocycles. The first kappa shape index (κ1) is 11.1. The highest BCUT2D eigenvalue weighted by molar-refractivity contribution is 5.37. The maximum atomic E-state index is 5.95. The molecule has 1 aromatic carbocycles. The molecule has 0 aliphatic heterocycles. The monoisotopic (exact) mass is 193 g/mol. The first-order chi connectivity index (χ1) is 6.69. The van der Waals surface area contributed by atoms with E-state index in [-0.39, 0.29) is 6.04 Å². The van der Waals surface area contributed by atoms with Gasteiger partial charge in [0, 0.05) is 6.04 Å². The van der Waals surface area contributed by atoms with Gasteiger partial charge in [-0.25, -0.2) is 0 Å². The van der Waals surface area contributed by atoms with Gasteiger partial charge in [-0.1, -0.05) is 19.1 Å². The predicted octanol–water partition coefficient (Wildman–Crippen LogP) is 2.80. The summed E-state index contributed by atoms with van der Waals surface area (Å²) in [5.41, 5.74) is 8.27. The molecule has 0 aliphatic rings. The van der Waals surface area contributed by atoms with Gasteiger partial charge in [-0.3, -0.25) is 0 Å². The highest BCUT2D eigenvalue weighted by atomic mass is 16.5. The number of ether oxygens (including phenoxy) is 1. The first-order valence-electron chi connectivity index (χ1n) is 5.18. The summed E-state index contributed by atoms with van der Waals surface area (Å²) in [5, 5.41) is 0. The predicted molar refractivity (Wildman–Crippen MR) is 59.6 cm³/mol. The minimum absolute atomic E-state index is 0.120. The molecule has 0 radical (unpaired) electrons. The largest absolute Gasteiger partial charge is 0.494 e. The molecule has 0 aromatic heterocycles. The number of aryl methyl sites for hydroxylation is 1. The fraction of sp³-hybridized carbons (Fsp3) is 0.500. The van der Waals surface area contributed by atoms with Crippen molar-refractivity contribution in [1.29, 1.82) is 0 Å². The van der Waals surface area contributed by atoms with Gasteiger partial charge in [0.25, 0.3) is 0 Å². The van der Waals surface area contributed by atoms with Crippen molar-refractivity contribution in [2.45, 2.75) is 33.2 Å². The van der Waals surface area contributed by atoms with Crippen molar-refractivity contribution in [1.82, 2.24) is 0 Å². The SMILES string of the molecule is CCOc1cc(C(N)CC)ccc1C. The number of hydrogen-bond acceptors (Lipinski definition) is 2. The van der Waals surface area contributed by atoms with Crippen LogP contribution in [0.2, 0.25) is 0 Å². The van der Waals surface area contributed by atoms with Crippen LogP contribution in [0.25, 0.3) is 0 Å². The molecule has 2 N–H and O–H groups in total. The normalized spacial score (nSPS) is 12.6. The van der Waals surface area contributed by atoms with Gasteiger partial charge >= 0.3 is 0 Å². The molecule has 0 fully saturated rings. The number of rotatable bonds is 4. The summed E-state index contributed by atoms with van der Waals surface area (Å²) in [4.78, 5) is 0. The van der Waals surface area contributed by atoms with E-state index in [1.807, 2.05) is 19.9 Å². The summed E-state index contributed by atoms with van der Waals surface area (Å²) in [7, 11) is 0. The third-order valence-electron chi connectivity index (χ3n) is 2.38. The van der Waals surface area contributed by atoms with Crippen molar-refractivity contribution in [3.8, 4) is 5.75 Å². The molecule has 14 heavy (non-hydrogen) atoms. The number of nitrogens with two attached hydrogens (primary N) is 1. The molecular formula is C12H19NO. The Morgan fingerprint density at radius 1 is 1.36 bits per heavy atom. The van der Waals surface area contributed by atoms with Gasteiger partial charge in [-0.15, -0.1) is 0 Å². The molecule has 1 atom stereocenters. The number of hydrogen-bond donors (Lipinski definition) is 1. The zero-order valence-electron chi connectivity index (χ0n) is 9.21. The van der Waals surface area contributed by atoms with Crippen molar-refractivity contribution in [2.75, 3.05) is 6.61 Å². The second kappa shape index (κ2) is 5.01. The smallest absolute Gasteiger partial charge is 0.122 e. The second-order valence-corrected chi connectivity index (χ2v) is 3.47. The molecular weight excluding hydrogens is 174 g/mol. The van der Waals surface area contributed by atoms with E-state index >= 15 is 0 Å². The summed E-state index contributed by atoms with van der Waals surface area (Å²) in [5.74, 6) is 0.953. The summed E-state index contributed by atoms with van der Waals surface area (Å²) < 4.78 is 5.52. The Balaban J connectivity index is 2.93. The van der Waals surface area contributed by atoms with Crippen LogP contribution in [0, 0.1) is 6.92 Å². The Kier molecular flexibility index (Phi) is 3.96. The molecule has 2 nitrogen and oxygen atoms in total. The van der Waals surface area contributed by atoms with Crippen molar-refractivity contribution in [2.24, 2.45) is 5.73 Å². The van der Waals surface area contributed by atoms with E-state index in [4.69, 9.17) is 10.5 Å². The van der Waals surface area contributed by atoms with Crippen LogP contribution in [0.1, 0.15) is 37.4 Å². The van der Waals surface area contributed by atoms with Gasteiger partial charge in [-0.05, 0) is 37.5 Å². The summed E-state index contributed by atoms with van der Waals surface area (Å²) in [6.07, 6.45) is 0.953. The fourth-order valence-electron chi connectivity index (χ4n) is 1.39.